The van der Waals surface area contributed by atoms with Gasteiger partial charge in [0.2, 0.25) is 0 Å². The maximum absolute atomic E-state index is 11.9. The van der Waals surface area contributed by atoms with Crippen molar-refractivity contribution in [3.63, 3.8) is 0 Å². The smallest absolute Gasteiger partial charge is 0.0108 e. The molecule has 1 aromatic carbocycles. The Labute approximate surface area is 86.5 Å². The molecule has 0 saturated heterocycles. The van der Waals surface area contributed by atoms with E-state index >= 15 is 0 Å². The van der Waals surface area contributed by atoms with Gasteiger partial charge in [-0.2, -0.15) is 18.2 Å². The number of rotatable bonds is 0. The molecule has 0 amide bonds. The normalized spacial score (nSPS) is 5.08. The molecule has 0 heterocycles. The van der Waals surface area contributed by atoms with Crippen molar-refractivity contribution in [2.75, 3.05) is 0 Å². The summed E-state index contributed by atoms with van der Waals surface area (Å²) in [6.07, 6.45) is 0. The number of hydrogen-bond acceptors (Lipinski definition) is 0. The average Bonchev–Trinajstić information content (AvgIpc) is 1.69. The molecule has 6 heteroatoms. The first-order chi connectivity index (χ1) is 3.39. The first-order valence-electron chi connectivity index (χ1n) is 2.02. The van der Waals surface area contributed by atoms with Crippen LogP contribution >= 0.6 is 0 Å². The number of halogens is 1. The van der Waals surface area contributed by atoms with Gasteiger partial charge in [0.1, 0.15) is 0 Å². The van der Waals surface area contributed by atoms with Gasteiger partial charge in [-0.3, -0.25) is 0 Å². The summed E-state index contributed by atoms with van der Waals surface area (Å²) in [6.45, 7) is 0. The minimum atomic E-state index is -0.303. The molecule has 0 radical (unpaired) electrons. The molecule has 0 fully saturated rings. The van der Waals surface area contributed by atoms with Crippen LogP contribution in [0.15, 0.2) is 24.3 Å². The summed E-state index contributed by atoms with van der Waals surface area (Å²) in [5.74, 6) is -0.303. The van der Waals surface area contributed by atoms with Crippen LogP contribution in [-0.4, -0.2) is 0 Å². The molecule has 0 saturated carbocycles. The van der Waals surface area contributed by atoms with E-state index in [1.807, 2.05) is 0 Å². The molecule has 4 nitrogen and oxygen atoms in total. The van der Waals surface area contributed by atoms with Crippen LogP contribution in [0.5, 0.6) is 0 Å². The minimum Gasteiger partial charge on any atom is -0.693 e. The summed E-state index contributed by atoms with van der Waals surface area (Å²) < 4.78 is 11.9. The fraction of sp³-hybridized carbons (Fsp3) is 0. The molecule has 0 aliphatic rings. The zero-order chi connectivity index (χ0) is 5.11. The Morgan fingerprint density at radius 1 is 1.00 bits per heavy atom. The van der Waals surface area contributed by atoms with E-state index in [-0.39, 0.29) is 51.5 Å². The Kier molecular flexibility index (Phi) is 42.2. The van der Waals surface area contributed by atoms with Gasteiger partial charge in [0.25, 0.3) is 0 Å². The van der Waals surface area contributed by atoms with E-state index in [2.05, 4.69) is 6.07 Å². The predicted octanol–water partition coefficient (Wildman–Crippen LogP) is 4.49. The van der Waals surface area contributed by atoms with Gasteiger partial charge in [0.05, 0.1) is 0 Å². The first kappa shape index (κ1) is 29.9. The van der Waals surface area contributed by atoms with Gasteiger partial charge < -0.3 is 24.6 Å². The number of nitrogens with two attached hydrogens (primary N) is 4. The fourth-order valence-corrected chi connectivity index (χ4v) is 0.371. The summed E-state index contributed by atoms with van der Waals surface area (Å²) in [6, 6.07) is 8.62. The molecule has 0 aliphatic heterocycles. The van der Waals surface area contributed by atoms with E-state index in [0.717, 1.165) is 0 Å². The Hall–Kier alpha value is -0.322. The third-order valence-electron chi connectivity index (χ3n) is 0.671. The van der Waals surface area contributed by atoms with Crippen LogP contribution in [0.3, 0.4) is 0 Å². The van der Waals surface area contributed by atoms with E-state index in [9.17, 15) is 4.39 Å². The van der Waals surface area contributed by atoms with Gasteiger partial charge in [-0.05, 0) is 0 Å². The first-order valence-corrected chi connectivity index (χ1v) is 2.02. The van der Waals surface area contributed by atoms with Gasteiger partial charge in [-0.15, -0.1) is 12.1 Å². The molecular formula is C6H12FMoN4-5. The van der Waals surface area contributed by atoms with Gasteiger partial charge in [0.15, 0.2) is 0 Å². The topological polar surface area (TPSA) is 134 Å². The second-order valence-electron chi connectivity index (χ2n) is 1.21. The third-order valence-corrected chi connectivity index (χ3v) is 0.671. The van der Waals surface area contributed by atoms with Gasteiger partial charge in [0, 0.05) is 26.9 Å². The molecule has 0 aliphatic carbocycles. The molecule has 0 unspecified atom stereocenters. The minimum absolute atomic E-state index is 0. The quantitative estimate of drug-likeness (QED) is 0.476. The van der Waals surface area contributed by atoms with Crippen molar-refractivity contribution in [1.29, 1.82) is 0 Å². The standard InChI is InChI=1S/C6H4F.Mo.4H2N/c7-6-4-2-1-3-5-6;;;;;/h1-4H;;4*1H2/q-1;;4*-1. The van der Waals surface area contributed by atoms with Crippen molar-refractivity contribution in [2.24, 2.45) is 0 Å². The van der Waals surface area contributed by atoms with Crippen LogP contribution in [0.4, 0.5) is 4.39 Å². The van der Waals surface area contributed by atoms with E-state index in [4.69, 9.17) is 0 Å². The van der Waals surface area contributed by atoms with E-state index in [1.165, 1.54) is 12.1 Å². The Balaban J connectivity index is -0.0000000327. The fourth-order valence-electron chi connectivity index (χ4n) is 0.371. The second-order valence-corrected chi connectivity index (χ2v) is 1.21. The molecule has 12 heavy (non-hydrogen) atoms. The molecule has 0 spiro atoms. The van der Waals surface area contributed by atoms with Crippen LogP contribution < -0.4 is 0 Å². The molecule has 74 valence electrons. The van der Waals surface area contributed by atoms with Crippen molar-refractivity contribution in [2.45, 2.75) is 0 Å². The van der Waals surface area contributed by atoms with Crippen molar-refractivity contribution < 1.29 is 25.5 Å². The molecule has 0 bridgehead atoms. The van der Waals surface area contributed by atoms with Crippen LogP contribution in [0.25, 0.3) is 24.6 Å². The van der Waals surface area contributed by atoms with E-state index < -0.39 is 0 Å². The van der Waals surface area contributed by atoms with Gasteiger partial charge in [-0.25, -0.2) is 4.39 Å². The summed E-state index contributed by atoms with van der Waals surface area (Å²) in [4.78, 5) is 0. The summed E-state index contributed by atoms with van der Waals surface area (Å²) in [5, 5.41) is 0. The van der Waals surface area contributed by atoms with E-state index in [1.54, 1.807) is 12.1 Å². The average molecular weight is 255 g/mol. The second kappa shape index (κ2) is 17.0. The van der Waals surface area contributed by atoms with Crippen molar-refractivity contribution in [3.05, 3.63) is 60.8 Å². The van der Waals surface area contributed by atoms with Crippen molar-refractivity contribution >= 4 is 0 Å². The molecule has 1 rings (SSSR count). The summed E-state index contributed by atoms with van der Waals surface area (Å²) in [5.41, 5.74) is 0. The number of benzene rings is 1. The Morgan fingerprint density at radius 2 is 1.50 bits per heavy atom. The SMILES string of the molecule is Fc1[c-]cccc1.[Mo].[NH2-].[NH2-].[NH2-].[NH2-]. The third kappa shape index (κ3) is 12.4. The maximum Gasteiger partial charge on any atom is 0.0108 e. The largest absolute Gasteiger partial charge is 0.693 e. The van der Waals surface area contributed by atoms with Crippen LogP contribution in [-0.2, 0) is 21.1 Å². The van der Waals surface area contributed by atoms with E-state index in [0.29, 0.717) is 0 Å². The summed E-state index contributed by atoms with van der Waals surface area (Å²) >= 11 is 0. The molecular weight excluding hydrogens is 243 g/mol. The monoisotopic (exact) mass is 257 g/mol. The number of hydrogen-bond donors (Lipinski definition) is 0. The molecule has 1 aromatic rings. The molecule has 8 N–H and O–H groups in total. The van der Waals surface area contributed by atoms with Crippen LogP contribution in [0.2, 0.25) is 0 Å². The van der Waals surface area contributed by atoms with Crippen LogP contribution in [0, 0.1) is 11.9 Å². The van der Waals surface area contributed by atoms with Crippen molar-refractivity contribution in [3.8, 4) is 0 Å². The zero-order valence-electron chi connectivity index (χ0n) is 6.41. The summed E-state index contributed by atoms with van der Waals surface area (Å²) in [7, 11) is 0. The van der Waals surface area contributed by atoms with Crippen molar-refractivity contribution in [1.82, 2.24) is 0 Å². The molecule has 0 atom stereocenters. The Bertz CT molecular complexity index is 149. The van der Waals surface area contributed by atoms with Crippen LogP contribution in [0.1, 0.15) is 0 Å². The van der Waals surface area contributed by atoms with Gasteiger partial charge in [-0.1, -0.05) is 0 Å². The predicted molar refractivity (Wildman–Crippen MR) is 46.4 cm³/mol. The molecule has 0 aromatic heterocycles. The maximum atomic E-state index is 11.9. The van der Waals surface area contributed by atoms with Gasteiger partial charge >= 0.3 is 0 Å². The zero-order valence-corrected chi connectivity index (χ0v) is 8.41. The Morgan fingerprint density at radius 3 is 1.67 bits per heavy atom.